The predicted molar refractivity (Wildman–Crippen MR) is 83.0 cm³/mol. The van der Waals surface area contributed by atoms with Crippen LogP contribution in [-0.2, 0) is 9.53 Å². The summed E-state index contributed by atoms with van der Waals surface area (Å²) in [7, 11) is 0. The van der Waals surface area contributed by atoms with Gasteiger partial charge in [-0.1, -0.05) is 18.2 Å². The number of carbonyl (C=O) groups is 2. The van der Waals surface area contributed by atoms with E-state index >= 15 is 0 Å². The van der Waals surface area contributed by atoms with Gasteiger partial charge in [0.2, 0.25) is 5.91 Å². The van der Waals surface area contributed by atoms with E-state index in [-0.39, 0.29) is 12.5 Å². The van der Waals surface area contributed by atoms with Crippen molar-refractivity contribution in [3.8, 4) is 5.75 Å². The summed E-state index contributed by atoms with van der Waals surface area (Å²) >= 11 is 0. The maximum atomic E-state index is 11.8. The number of hydrogen-bond donors (Lipinski definition) is 1. The minimum absolute atomic E-state index is 0.159. The molecule has 22 heavy (non-hydrogen) atoms. The number of carbonyl (C=O) groups excluding carboxylic acids is 2. The monoisotopic (exact) mass is 299 g/mol. The van der Waals surface area contributed by atoms with Crippen LogP contribution in [0.2, 0.25) is 0 Å². The summed E-state index contributed by atoms with van der Waals surface area (Å²) < 4.78 is 10.5. The maximum absolute atomic E-state index is 11.8. The van der Waals surface area contributed by atoms with Crippen molar-refractivity contribution in [1.29, 1.82) is 0 Å². The second-order valence-electron chi connectivity index (χ2n) is 4.56. The number of para-hydroxylation sites is 1. The number of benzene rings is 2. The van der Waals surface area contributed by atoms with Crippen LogP contribution in [0.3, 0.4) is 0 Å². The lowest BCUT2D eigenvalue weighted by molar-refractivity contribution is -0.114. The molecule has 0 atom stereocenters. The molecule has 0 unspecified atom stereocenters. The van der Waals surface area contributed by atoms with Crippen molar-refractivity contribution in [3.63, 3.8) is 0 Å². The fraction of sp³-hybridized carbons (Fsp3) is 0.176. The van der Waals surface area contributed by atoms with Crippen LogP contribution < -0.4 is 10.1 Å². The summed E-state index contributed by atoms with van der Waals surface area (Å²) in [6.07, 6.45) is 0. The van der Waals surface area contributed by atoms with Crippen LogP contribution >= 0.6 is 0 Å². The molecular weight excluding hydrogens is 282 g/mol. The fourth-order valence-corrected chi connectivity index (χ4v) is 1.79. The van der Waals surface area contributed by atoms with Gasteiger partial charge in [0.25, 0.3) is 0 Å². The predicted octanol–water partition coefficient (Wildman–Crippen LogP) is 2.88. The molecule has 5 nitrogen and oxygen atoms in total. The summed E-state index contributed by atoms with van der Waals surface area (Å²) in [6.45, 7) is 1.88. The van der Waals surface area contributed by atoms with Gasteiger partial charge in [-0.15, -0.1) is 0 Å². The van der Waals surface area contributed by atoms with Crippen molar-refractivity contribution in [2.75, 3.05) is 18.5 Å². The Hall–Kier alpha value is -2.82. The molecule has 0 heterocycles. The molecule has 0 radical (unpaired) electrons. The number of anilines is 1. The molecule has 0 aliphatic heterocycles. The van der Waals surface area contributed by atoms with Crippen LogP contribution in [0.25, 0.3) is 0 Å². The van der Waals surface area contributed by atoms with Gasteiger partial charge in [0, 0.05) is 12.6 Å². The van der Waals surface area contributed by atoms with E-state index in [1.165, 1.54) is 6.92 Å². The van der Waals surface area contributed by atoms with Crippen LogP contribution in [0.4, 0.5) is 5.69 Å². The number of ether oxygens (including phenoxy) is 2. The molecule has 0 aliphatic rings. The second kappa shape index (κ2) is 7.83. The molecule has 2 aromatic rings. The van der Waals surface area contributed by atoms with Gasteiger partial charge >= 0.3 is 5.97 Å². The SMILES string of the molecule is CC(=O)Nc1ccc(C(=O)OCCOc2ccccc2)cc1. The number of esters is 1. The summed E-state index contributed by atoms with van der Waals surface area (Å²) in [5.74, 6) is 0.151. The zero-order chi connectivity index (χ0) is 15.8. The van der Waals surface area contributed by atoms with Gasteiger partial charge in [0.1, 0.15) is 19.0 Å². The van der Waals surface area contributed by atoms with Gasteiger partial charge in [0.15, 0.2) is 0 Å². The van der Waals surface area contributed by atoms with Gasteiger partial charge < -0.3 is 14.8 Å². The Labute approximate surface area is 128 Å². The van der Waals surface area contributed by atoms with Crippen molar-refractivity contribution in [2.45, 2.75) is 6.92 Å². The lowest BCUT2D eigenvalue weighted by Crippen LogP contribution is -2.12. The number of hydrogen-bond acceptors (Lipinski definition) is 4. The zero-order valence-corrected chi connectivity index (χ0v) is 12.2. The minimum Gasteiger partial charge on any atom is -0.490 e. The highest BCUT2D eigenvalue weighted by Crippen LogP contribution is 2.11. The number of amides is 1. The van der Waals surface area contributed by atoms with Gasteiger partial charge in [0.05, 0.1) is 5.56 Å². The quantitative estimate of drug-likeness (QED) is 0.658. The Morgan fingerprint density at radius 2 is 1.64 bits per heavy atom. The zero-order valence-electron chi connectivity index (χ0n) is 12.2. The molecule has 1 N–H and O–H groups in total. The molecular formula is C17H17NO4. The van der Waals surface area contributed by atoms with E-state index in [0.717, 1.165) is 5.75 Å². The van der Waals surface area contributed by atoms with Crippen molar-refractivity contribution >= 4 is 17.6 Å². The number of nitrogens with one attached hydrogen (secondary N) is 1. The topological polar surface area (TPSA) is 64.6 Å². The van der Waals surface area contributed by atoms with Crippen LogP contribution in [0, 0.1) is 0 Å². The molecule has 0 bridgehead atoms. The molecule has 0 spiro atoms. The first-order chi connectivity index (χ1) is 10.6. The van der Waals surface area contributed by atoms with Gasteiger partial charge in [-0.25, -0.2) is 4.79 Å². The van der Waals surface area contributed by atoms with E-state index in [9.17, 15) is 9.59 Å². The third kappa shape index (κ3) is 4.94. The van der Waals surface area contributed by atoms with Crippen molar-refractivity contribution in [2.24, 2.45) is 0 Å². The first-order valence-corrected chi connectivity index (χ1v) is 6.88. The molecule has 0 saturated heterocycles. The van der Waals surface area contributed by atoms with Crippen molar-refractivity contribution in [3.05, 3.63) is 60.2 Å². The third-order valence-corrected chi connectivity index (χ3v) is 2.77. The Morgan fingerprint density at radius 1 is 0.955 bits per heavy atom. The van der Waals surface area contributed by atoms with Gasteiger partial charge in [-0.2, -0.15) is 0 Å². The lowest BCUT2D eigenvalue weighted by Gasteiger charge is -2.08. The largest absolute Gasteiger partial charge is 0.490 e. The van der Waals surface area contributed by atoms with E-state index in [2.05, 4.69) is 5.32 Å². The molecule has 0 fully saturated rings. The minimum atomic E-state index is -0.425. The number of rotatable bonds is 6. The summed E-state index contributed by atoms with van der Waals surface area (Å²) in [5.41, 5.74) is 1.06. The smallest absolute Gasteiger partial charge is 0.338 e. The third-order valence-electron chi connectivity index (χ3n) is 2.77. The van der Waals surface area contributed by atoms with Gasteiger partial charge in [-0.3, -0.25) is 4.79 Å². The highest BCUT2D eigenvalue weighted by Gasteiger charge is 2.07. The molecule has 114 valence electrons. The standard InChI is InChI=1S/C17H17NO4/c1-13(19)18-15-9-7-14(8-10-15)17(20)22-12-11-21-16-5-3-2-4-6-16/h2-10H,11-12H2,1H3,(H,18,19). The molecule has 2 aromatic carbocycles. The normalized spacial score (nSPS) is 9.86. The van der Waals surface area contributed by atoms with Crippen LogP contribution in [0.1, 0.15) is 17.3 Å². The van der Waals surface area contributed by atoms with E-state index < -0.39 is 5.97 Å². The molecule has 0 saturated carbocycles. The summed E-state index contributed by atoms with van der Waals surface area (Å²) in [6, 6.07) is 15.8. The molecule has 5 heteroatoms. The Kier molecular flexibility index (Phi) is 5.54. The van der Waals surface area contributed by atoms with Crippen LogP contribution in [0.5, 0.6) is 5.75 Å². The van der Waals surface area contributed by atoms with Crippen LogP contribution in [0.15, 0.2) is 54.6 Å². The highest BCUT2D eigenvalue weighted by molar-refractivity contribution is 5.92. The Bertz CT molecular complexity index is 623. The van der Waals surface area contributed by atoms with Crippen molar-refractivity contribution < 1.29 is 19.1 Å². The Balaban J connectivity index is 1.76. The summed E-state index contributed by atoms with van der Waals surface area (Å²) in [4.78, 5) is 22.7. The first-order valence-electron chi connectivity index (χ1n) is 6.88. The van der Waals surface area contributed by atoms with E-state index in [0.29, 0.717) is 17.9 Å². The molecule has 2 rings (SSSR count). The summed E-state index contributed by atoms with van der Waals surface area (Å²) in [5, 5.41) is 2.63. The highest BCUT2D eigenvalue weighted by atomic mass is 16.6. The van der Waals surface area contributed by atoms with E-state index in [1.807, 2.05) is 30.3 Å². The fourth-order valence-electron chi connectivity index (χ4n) is 1.79. The molecule has 0 aromatic heterocycles. The first kappa shape index (κ1) is 15.6. The average molecular weight is 299 g/mol. The Morgan fingerprint density at radius 3 is 2.27 bits per heavy atom. The maximum Gasteiger partial charge on any atom is 0.338 e. The molecule has 0 aliphatic carbocycles. The van der Waals surface area contributed by atoms with E-state index in [4.69, 9.17) is 9.47 Å². The van der Waals surface area contributed by atoms with E-state index in [1.54, 1.807) is 24.3 Å². The van der Waals surface area contributed by atoms with Crippen LogP contribution in [-0.4, -0.2) is 25.1 Å². The molecule has 1 amide bonds. The average Bonchev–Trinajstić information content (AvgIpc) is 2.52. The van der Waals surface area contributed by atoms with Gasteiger partial charge in [-0.05, 0) is 36.4 Å². The second-order valence-corrected chi connectivity index (χ2v) is 4.56. The lowest BCUT2D eigenvalue weighted by atomic mass is 10.2. The van der Waals surface area contributed by atoms with Crippen molar-refractivity contribution in [1.82, 2.24) is 0 Å².